The normalized spacial score (nSPS) is 10.6. The van der Waals surface area contributed by atoms with Gasteiger partial charge in [0.25, 0.3) is 5.91 Å². The summed E-state index contributed by atoms with van der Waals surface area (Å²) < 4.78 is 20.7. The number of nitrogen functional groups attached to an aromatic ring is 1. The molecule has 4 aromatic rings. The highest BCUT2D eigenvalue weighted by molar-refractivity contribution is 6.34. The Morgan fingerprint density at radius 3 is 2.63 bits per heavy atom. The molecule has 3 heterocycles. The van der Waals surface area contributed by atoms with Gasteiger partial charge >= 0.3 is 0 Å². The van der Waals surface area contributed by atoms with E-state index in [0.29, 0.717) is 23.6 Å². The predicted molar refractivity (Wildman–Crippen MR) is 132 cm³/mol. The number of nitrogens with zero attached hydrogens (tertiary/aromatic N) is 3. The topological polar surface area (TPSA) is 112 Å². The van der Waals surface area contributed by atoms with Gasteiger partial charge in [0.2, 0.25) is 5.43 Å². The molecule has 4 rings (SSSR count). The van der Waals surface area contributed by atoms with E-state index in [0.717, 1.165) is 0 Å². The maximum Gasteiger partial charge on any atom is 0.262 e. The van der Waals surface area contributed by atoms with Gasteiger partial charge in [0.05, 0.1) is 6.20 Å². The minimum absolute atomic E-state index is 0.102. The van der Waals surface area contributed by atoms with Crippen LogP contribution in [0.25, 0.3) is 11.1 Å². The second-order valence-electron chi connectivity index (χ2n) is 7.35. The maximum atomic E-state index is 13.3. The Balaban J connectivity index is 1.58. The van der Waals surface area contributed by atoms with E-state index in [2.05, 4.69) is 21.9 Å². The first-order chi connectivity index (χ1) is 16.9. The summed E-state index contributed by atoms with van der Waals surface area (Å²) in [6.07, 6.45) is 7.49. The molecule has 0 unspecified atom stereocenters. The average Bonchev–Trinajstić information content (AvgIpc) is 2.85. The van der Waals surface area contributed by atoms with Gasteiger partial charge < -0.3 is 20.4 Å². The second-order valence-corrected chi connectivity index (χ2v) is 7.73. The summed E-state index contributed by atoms with van der Waals surface area (Å²) in [5, 5.41) is 2.78. The molecular formula is C25H19ClFN5O3. The number of halogens is 2. The quantitative estimate of drug-likeness (QED) is 0.355. The van der Waals surface area contributed by atoms with Gasteiger partial charge in [-0.25, -0.2) is 14.4 Å². The summed E-state index contributed by atoms with van der Waals surface area (Å²) in [6, 6.07) is 10.1. The van der Waals surface area contributed by atoms with E-state index in [9.17, 15) is 14.0 Å². The van der Waals surface area contributed by atoms with E-state index in [-0.39, 0.29) is 27.8 Å². The van der Waals surface area contributed by atoms with E-state index in [1.54, 1.807) is 29.0 Å². The number of anilines is 2. The Kier molecular flexibility index (Phi) is 6.88. The van der Waals surface area contributed by atoms with Crippen LogP contribution in [-0.4, -0.2) is 20.4 Å². The van der Waals surface area contributed by atoms with Gasteiger partial charge in [-0.2, -0.15) is 0 Å². The molecule has 0 saturated carbocycles. The van der Waals surface area contributed by atoms with Gasteiger partial charge in [-0.3, -0.25) is 9.59 Å². The molecule has 0 spiro atoms. The number of hydrogen-bond acceptors (Lipinski definition) is 6. The third-order valence-corrected chi connectivity index (χ3v) is 5.29. The zero-order valence-corrected chi connectivity index (χ0v) is 19.0. The summed E-state index contributed by atoms with van der Waals surface area (Å²) in [5.74, 6) is -0.0964. The number of allylic oxidation sites excluding steroid dienone is 1. The van der Waals surface area contributed by atoms with Gasteiger partial charge in [0.15, 0.2) is 5.75 Å². The smallest absolute Gasteiger partial charge is 0.262 e. The van der Waals surface area contributed by atoms with E-state index < -0.39 is 17.2 Å². The molecule has 0 aliphatic carbocycles. The van der Waals surface area contributed by atoms with Gasteiger partial charge in [-0.1, -0.05) is 29.8 Å². The molecule has 0 bridgehead atoms. The van der Waals surface area contributed by atoms with E-state index >= 15 is 0 Å². The van der Waals surface area contributed by atoms with Crippen molar-refractivity contribution in [3.8, 4) is 22.6 Å². The van der Waals surface area contributed by atoms with Crippen molar-refractivity contribution in [1.82, 2.24) is 14.5 Å². The number of hydrogen-bond donors (Lipinski definition) is 2. The van der Waals surface area contributed by atoms with Crippen molar-refractivity contribution in [3.63, 3.8) is 0 Å². The van der Waals surface area contributed by atoms with Crippen LogP contribution in [0.3, 0.4) is 0 Å². The lowest BCUT2D eigenvalue weighted by molar-refractivity contribution is 0.102. The molecule has 8 nitrogen and oxygen atoms in total. The number of carbonyl (C=O) groups excluding carboxylic acids is 1. The number of pyridine rings is 3. The van der Waals surface area contributed by atoms with Crippen LogP contribution in [0, 0.1) is 5.82 Å². The summed E-state index contributed by atoms with van der Waals surface area (Å²) in [4.78, 5) is 34.1. The lowest BCUT2D eigenvalue weighted by Gasteiger charge is -2.12. The molecule has 0 radical (unpaired) electrons. The second kappa shape index (κ2) is 10.2. The molecule has 0 saturated heterocycles. The molecule has 0 atom stereocenters. The first-order valence-corrected chi connectivity index (χ1v) is 10.7. The number of ether oxygens (including phenoxy) is 1. The SMILES string of the molecule is C=CCn1cc(C(=O)Nc2ccc(Oc3ccnc(N)c3Cl)cn2)c(=O)c(-c2ccc(F)cc2)c1. The first-order valence-electron chi connectivity index (χ1n) is 10.3. The number of amides is 1. The zero-order valence-electron chi connectivity index (χ0n) is 18.2. The van der Waals surface area contributed by atoms with Gasteiger partial charge in [0, 0.05) is 36.8 Å². The Morgan fingerprint density at radius 1 is 1.17 bits per heavy atom. The van der Waals surface area contributed by atoms with Crippen molar-refractivity contribution >= 4 is 29.1 Å². The molecule has 3 N–H and O–H groups in total. The van der Waals surface area contributed by atoms with Gasteiger partial charge in [0.1, 0.15) is 33.8 Å². The van der Waals surface area contributed by atoms with Gasteiger partial charge in [-0.15, -0.1) is 6.58 Å². The third-order valence-electron chi connectivity index (χ3n) is 4.91. The molecule has 3 aromatic heterocycles. The molecule has 10 heteroatoms. The number of carbonyl (C=O) groups is 1. The van der Waals surface area contributed by atoms with E-state index in [4.69, 9.17) is 22.1 Å². The van der Waals surface area contributed by atoms with Crippen LogP contribution >= 0.6 is 11.6 Å². The minimum Gasteiger partial charge on any atom is -0.454 e. The fourth-order valence-electron chi connectivity index (χ4n) is 3.23. The van der Waals surface area contributed by atoms with Crippen LogP contribution in [0.2, 0.25) is 5.02 Å². The van der Waals surface area contributed by atoms with Crippen molar-refractivity contribution in [2.45, 2.75) is 6.54 Å². The highest BCUT2D eigenvalue weighted by atomic mass is 35.5. The molecule has 35 heavy (non-hydrogen) atoms. The lowest BCUT2D eigenvalue weighted by Crippen LogP contribution is -2.25. The number of nitrogens with one attached hydrogen (secondary N) is 1. The maximum absolute atomic E-state index is 13.3. The molecular weight excluding hydrogens is 473 g/mol. The largest absolute Gasteiger partial charge is 0.454 e. The highest BCUT2D eigenvalue weighted by Crippen LogP contribution is 2.32. The number of aromatic nitrogens is 3. The summed E-state index contributed by atoms with van der Waals surface area (Å²) in [5.41, 5.74) is 5.81. The molecule has 1 amide bonds. The van der Waals surface area contributed by atoms with Crippen molar-refractivity contribution in [2.24, 2.45) is 0 Å². The van der Waals surface area contributed by atoms with Crippen molar-refractivity contribution in [3.05, 3.63) is 107 Å². The Morgan fingerprint density at radius 2 is 1.94 bits per heavy atom. The molecule has 0 aliphatic heterocycles. The van der Waals surface area contributed by atoms with Crippen LogP contribution in [0.1, 0.15) is 10.4 Å². The van der Waals surface area contributed by atoms with Crippen molar-refractivity contribution < 1.29 is 13.9 Å². The van der Waals surface area contributed by atoms with Crippen molar-refractivity contribution in [1.29, 1.82) is 0 Å². The molecule has 0 fully saturated rings. The summed E-state index contributed by atoms with van der Waals surface area (Å²) >= 11 is 6.08. The predicted octanol–water partition coefficient (Wildman–Crippen LogP) is 4.91. The zero-order chi connectivity index (χ0) is 24.9. The van der Waals surface area contributed by atoms with Crippen LogP contribution in [0.5, 0.6) is 11.5 Å². The van der Waals surface area contributed by atoms with Crippen LogP contribution < -0.4 is 21.2 Å². The minimum atomic E-state index is -0.650. The van der Waals surface area contributed by atoms with Crippen LogP contribution in [0.4, 0.5) is 16.0 Å². The molecule has 176 valence electrons. The fraction of sp³-hybridized carbons (Fsp3) is 0.0400. The Hall–Kier alpha value is -4.50. The standard InChI is InChI=1S/C25H19ClFN5O3/c1-2-11-32-13-18(15-3-5-16(27)6-4-15)23(33)19(14-32)25(34)31-21-8-7-17(12-30-21)35-20-9-10-29-24(28)22(20)26/h2-10,12-14H,1,11H2,(H2,28,29)(H,30,31,34). The average molecular weight is 492 g/mol. The van der Waals surface area contributed by atoms with Crippen LogP contribution in [-0.2, 0) is 6.54 Å². The Bertz CT molecular complexity index is 1450. The number of nitrogens with two attached hydrogens (primary N) is 1. The van der Waals surface area contributed by atoms with Gasteiger partial charge in [-0.05, 0) is 29.8 Å². The van der Waals surface area contributed by atoms with E-state index in [1.807, 2.05) is 0 Å². The molecule has 0 aliphatic rings. The lowest BCUT2D eigenvalue weighted by atomic mass is 10.0. The summed E-state index contributed by atoms with van der Waals surface area (Å²) in [7, 11) is 0. The summed E-state index contributed by atoms with van der Waals surface area (Å²) in [6.45, 7) is 4.06. The van der Waals surface area contributed by atoms with Crippen molar-refractivity contribution in [2.75, 3.05) is 11.1 Å². The van der Waals surface area contributed by atoms with E-state index in [1.165, 1.54) is 48.9 Å². The number of rotatable bonds is 7. The van der Waals surface area contributed by atoms with Crippen LogP contribution in [0.15, 0.2) is 84.7 Å². The first kappa shape index (κ1) is 23.7. The Labute approximate surface area is 204 Å². The highest BCUT2D eigenvalue weighted by Gasteiger charge is 2.17. The number of benzene rings is 1. The molecule has 1 aromatic carbocycles. The fourth-order valence-corrected chi connectivity index (χ4v) is 3.38. The monoisotopic (exact) mass is 491 g/mol. The third kappa shape index (κ3) is 5.36.